The van der Waals surface area contributed by atoms with Gasteiger partial charge in [-0.3, -0.25) is 0 Å². The van der Waals surface area contributed by atoms with Crippen LogP contribution in [0.15, 0.2) is 22.7 Å². The van der Waals surface area contributed by atoms with E-state index < -0.39 is 0 Å². The normalized spacial score (nSPS) is 27.7. The maximum atomic E-state index is 5.99. The van der Waals surface area contributed by atoms with E-state index in [0.29, 0.717) is 5.92 Å². The molecule has 0 radical (unpaired) electrons. The Hall–Kier alpha value is -0.0900. The monoisotopic (exact) mass is 329 g/mol. The highest BCUT2D eigenvalue weighted by Gasteiger charge is 2.32. The molecule has 2 fully saturated rings. The highest BCUT2D eigenvalue weighted by Crippen LogP contribution is 2.38. The van der Waals surface area contributed by atoms with Crippen molar-refractivity contribution in [3.8, 4) is 0 Å². The van der Waals surface area contributed by atoms with Gasteiger partial charge in [0, 0.05) is 34.6 Å². The predicted molar refractivity (Wildman–Crippen MR) is 77.0 cm³/mol. The van der Waals surface area contributed by atoms with Crippen LogP contribution in [0.3, 0.4) is 0 Å². The van der Waals surface area contributed by atoms with Gasteiger partial charge in [-0.1, -0.05) is 33.6 Å². The Bertz CT molecular complexity index is 436. The number of nitrogens with one attached hydrogen (secondary N) is 1. The molecule has 98 valence electrons. The van der Waals surface area contributed by atoms with Gasteiger partial charge in [0.05, 0.1) is 6.10 Å². The van der Waals surface area contributed by atoms with Gasteiger partial charge in [-0.25, -0.2) is 0 Å². The minimum atomic E-state index is 0.197. The summed E-state index contributed by atoms with van der Waals surface area (Å²) in [5.41, 5.74) is 1.22. The van der Waals surface area contributed by atoms with E-state index in [9.17, 15) is 0 Å². The first kappa shape index (κ1) is 12.9. The van der Waals surface area contributed by atoms with Crippen LogP contribution in [0.2, 0.25) is 5.02 Å². The van der Waals surface area contributed by atoms with Crippen LogP contribution >= 0.6 is 27.5 Å². The summed E-state index contributed by atoms with van der Waals surface area (Å²) in [7, 11) is 0. The van der Waals surface area contributed by atoms with E-state index in [4.69, 9.17) is 16.3 Å². The largest absolute Gasteiger partial charge is 0.373 e. The van der Waals surface area contributed by atoms with Gasteiger partial charge >= 0.3 is 0 Å². The molecule has 1 N–H and O–H groups in total. The molecule has 1 saturated heterocycles. The summed E-state index contributed by atoms with van der Waals surface area (Å²) < 4.78 is 6.97. The van der Waals surface area contributed by atoms with Crippen LogP contribution in [-0.4, -0.2) is 19.2 Å². The Morgan fingerprint density at radius 2 is 2.17 bits per heavy atom. The Balaban J connectivity index is 1.72. The molecule has 1 aliphatic heterocycles. The van der Waals surface area contributed by atoms with E-state index in [1.54, 1.807) is 0 Å². The number of hydrogen-bond donors (Lipinski definition) is 1. The summed E-state index contributed by atoms with van der Waals surface area (Å²) in [5, 5.41) is 4.37. The van der Waals surface area contributed by atoms with Crippen LogP contribution in [0.4, 0.5) is 0 Å². The minimum Gasteiger partial charge on any atom is -0.373 e. The lowest BCUT2D eigenvalue weighted by molar-refractivity contribution is 0.0899. The van der Waals surface area contributed by atoms with E-state index in [2.05, 4.69) is 27.3 Å². The lowest BCUT2D eigenvalue weighted by Gasteiger charge is -2.20. The Morgan fingerprint density at radius 3 is 2.89 bits per heavy atom. The number of ether oxygens (including phenoxy) is 1. The van der Waals surface area contributed by atoms with Gasteiger partial charge in [0.25, 0.3) is 0 Å². The molecule has 1 aromatic rings. The topological polar surface area (TPSA) is 21.3 Å². The Morgan fingerprint density at radius 1 is 1.33 bits per heavy atom. The summed E-state index contributed by atoms with van der Waals surface area (Å²) in [6.45, 7) is 1.92. The third kappa shape index (κ3) is 2.90. The van der Waals surface area contributed by atoms with Crippen molar-refractivity contribution < 1.29 is 4.74 Å². The zero-order chi connectivity index (χ0) is 12.5. The average molecular weight is 331 g/mol. The van der Waals surface area contributed by atoms with Crippen LogP contribution in [0.1, 0.15) is 30.9 Å². The fourth-order valence-corrected chi connectivity index (χ4v) is 3.43. The van der Waals surface area contributed by atoms with Gasteiger partial charge in [0.15, 0.2) is 0 Å². The second kappa shape index (κ2) is 5.49. The minimum absolute atomic E-state index is 0.197. The van der Waals surface area contributed by atoms with E-state index in [1.807, 2.05) is 12.1 Å². The van der Waals surface area contributed by atoms with Crippen LogP contribution in [0.5, 0.6) is 0 Å². The lowest BCUT2D eigenvalue weighted by atomic mass is 9.95. The number of halogens is 2. The van der Waals surface area contributed by atoms with Crippen molar-refractivity contribution in [1.82, 2.24) is 5.32 Å². The van der Waals surface area contributed by atoms with Gasteiger partial charge < -0.3 is 10.1 Å². The average Bonchev–Trinajstić information content (AvgIpc) is 3.06. The quantitative estimate of drug-likeness (QED) is 0.903. The van der Waals surface area contributed by atoms with E-state index in [-0.39, 0.29) is 6.10 Å². The highest BCUT2D eigenvalue weighted by atomic mass is 79.9. The third-order valence-electron chi connectivity index (χ3n) is 3.73. The summed E-state index contributed by atoms with van der Waals surface area (Å²) in [6, 6.07) is 6.73. The van der Waals surface area contributed by atoms with Gasteiger partial charge in [-0.2, -0.15) is 0 Å². The molecule has 1 aromatic carbocycles. The summed E-state index contributed by atoms with van der Waals surface area (Å²) >= 11 is 9.58. The molecule has 2 aliphatic rings. The smallest absolute Gasteiger partial charge is 0.0876 e. The van der Waals surface area contributed by atoms with Crippen molar-refractivity contribution in [2.24, 2.45) is 5.92 Å². The molecular formula is C14H17BrClNO. The summed E-state index contributed by atoms with van der Waals surface area (Å²) in [6.07, 6.45) is 4.01. The standard InChI is InChI=1S/C14H17BrClNO/c15-13-7-10(16)1-4-12(13)14-9(5-6-18-14)8-17-11-2-3-11/h1,4,7,9,11,14,17H,2-3,5-6,8H2. The predicted octanol–water partition coefficient (Wildman–Crippen LogP) is 3.93. The molecule has 2 nitrogen and oxygen atoms in total. The van der Waals surface area contributed by atoms with Gasteiger partial charge in [-0.15, -0.1) is 0 Å². The van der Waals surface area contributed by atoms with Gasteiger partial charge in [0.2, 0.25) is 0 Å². The molecule has 2 atom stereocenters. The Labute approximate surface area is 121 Å². The molecule has 18 heavy (non-hydrogen) atoms. The van der Waals surface area contributed by atoms with Crippen molar-refractivity contribution in [2.45, 2.75) is 31.4 Å². The molecular weight excluding hydrogens is 314 g/mol. The van der Waals surface area contributed by atoms with E-state index in [1.165, 1.54) is 18.4 Å². The van der Waals surface area contributed by atoms with Crippen LogP contribution in [0, 0.1) is 5.92 Å². The molecule has 0 bridgehead atoms. The molecule has 0 spiro atoms. The maximum Gasteiger partial charge on any atom is 0.0876 e. The molecule has 0 amide bonds. The summed E-state index contributed by atoms with van der Waals surface area (Å²) in [4.78, 5) is 0. The van der Waals surface area contributed by atoms with Gasteiger partial charge in [0.1, 0.15) is 0 Å². The van der Waals surface area contributed by atoms with Crippen LogP contribution in [-0.2, 0) is 4.74 Å². The Kier molecular flexibility index (Phi) is 3.94. The number of hydrogen-bond acceptors (Lipinski definition) is 2. The van der Waals surface area contributed by atoms with Crippen molar-refractivity contribution >= 4 is 27.5 Å². The molecule has 1 heterocycles. The lowest BCUT2D eigenvalue weighted by Crippen LogP contribution is -2.26. The first-order chi connectivity index (χ1) is 8.74. The first-order valence-corrected chi connectivity index (χ1v) is 7.71. The molecule has 0 aromatic heterocycles. The van der Waals surface area contributed by atoms with Crippen molar-refractivity contribution in [1.29, 1.82) is 0 Å². The van der Waals surface area contributed by atoms with Crippen molar-refractivity contribution in [3.63, 3.8) is 0 Å². The van der Waals surface area contributed by atoms with E-state index in [0.717, 1.165) is 35.1 Å². The molecule has 1 saturated carbocycles. The van der Waals surface area contributed by atoms with Crippen LogP contribution < -0.4 is 5.32 Å². The number of rotatable bonds is 4. The zero-order valence-electron chi connectivity index (χ0n) is 10.2. The maximum absolute atomic E-state index is 5.99. The van der Waals surface area contributed by atoms with Crippen LogP contribution in [0.25, 0.3) is 0 Å². The molecule has 3 rings (SSSR count). The fraction of sp³-hybridized carbons (Fsp3) is 0.571. The second-order valence-corrected chi connectivity index (χ2v) is 6.48. The third-order valence-corrected chi connectivity index (χ3v) is 4.65. The highest BCUT2D eigenvalue weighted by molar-refractivity contribution is 9.10. The van der Waals surface area contributed by atoms with Crippen molar-refractivity contribution in [3.05, 3.63) is 33.3 Å². The van der Waals surface area contributed by atoms with Gasteiger partial charge in [-0.05, 0) is 37.0 Å². The van der Waals surface area contributed by atoms with Crippen molar-refractivity contribution in [2.75, 3.05) is 13.2 Å². The SMILES string of the molecule is Clc1ccc(C2OCCC2CNC2CC2)c(Br)c1. The second-order valence-electron chi connectivity index (χ2n) is 5.19. The molecule has 2 unspecified atom stereocenters. The fourth-order valence-electron chi connectivity index (χ4n) is 2.52. The molecule has 4 heteroatoms. The zero-order valence-corrected chi connectivity index (χ0v) is 12.5. The molecule has 1 aliphatic carbocycles. The van der Waals surface area contributed by atoms with E-state index >= 15 is 0 Å². The summed E-state index contributed by atoms with van der Waals surface area (Å²) in [5.74, 6) is 0.572. The number of benzene rings is 1. The first-order valence-electron chi connectivity index (χ1n) is 6.54.